The van der Waals surface area contributed by atoms with E-state index in [0.717, 1.165) is 27.8 Å². The second kappa shape index (κ2) is 7.50. The summed E-state index contributed by atoms with van der Waals surface area (Å²) in [5.74, 6) is 0.836. The molecule has 2 aromatic rings. The van der Waals surface area contributed by atoms with Crippen LogP contribution < -0.4 is 10.1 Å². The molecule has 1 unspecified atom stereocenters. The number of hydrogen-bond acceptors (Lipinski definition) is 2. The molecular weight excluding hydrogens is 373 g/mol. The molecule has 2 aromatic carbocycles. The van der Waals surface area contributed by atoms with Gasteiger partial charge < -0.3 is 10.1 Å². The van der Waals surface area contributed by atoms with E-state index >= 15 is 0 Å². The second-order valence-electron chi connectivity index (χ2n) is 4.68. The summed E-state index contributed by atoms with van der Waals surface area (Å²) >= 11 is 15.6. The third-order valence-corrected chi connectivity index (χ3v) is 4.81. The van der Waals surface area contributed by atoms with Gasteiger partial charge in [0.2, 0.25) is 0 Å². The Hall–Kier alpha value is -0.740. The van der Waals surface area contributed by atoms with Crippen molar-refractivity contribution in [1.29, 1.82) is 0 Å². The van der Waals surface area contributed by atoms with Crippen molar-refractivity contribution in [2.45, 2.75) is 12.5 Å². The largest absolute Gasteiger partial charge is 0.497 e. The fraction of sp³-hybridized carbons (Fsp3) is 0.250. The third kappa shape index (κ3) is 4.13. The van der Waals surface area contributed by atoms with Gasteiger partial charge in [0.05, 0.1) is 17.2 Å². The van der Waals surface area contributed by atoms with Gasteiger partial charge in [-0.3, -0.25) is 0 Å². The van der Waals surface area contributed by atoms with Crippen LogP contribution >= 0.6 is 39.1 Å². The number of rotatable bonds is 5. The van der Waals surface area contributed by atoms with Crippen molar-refractivity contribution in [3.63, 3.8) is 0 Å². The summed E-state index contributed by atoms with van der Waals surface area (Å²) in [4.78, 5) is 0. The van der Waals surface area contributed by atoms with Gasteiger partial charge in [0.1, 0.15) is 5.75 Å². The van der Waals surface area contributed by atoms with Crippen molar-refractivity contribution in [2.24, 2.45) is 0 Å². The second-order valence-corrected chi connectivity index (χ2v) is 6.35. The van der Waals surface area contributed by atoms with E-state index in [4.69, 9.17) is 27.9 Å². The van der Waals surface area contributed by atoms with E-state index in [0.29, 0.717) is 10.0 Å². The Morgan fingerprint density at radius 2 is 1.90 bits per heavy atom. The van der Waals surface area contributed by atoms with Gasteiger partial charge in [-0.15, -0.1) is 0 Å². The zero-order valence-corrected chi connectivity index (χ0v) is 14.9. The highest BCUT2D eigenvalue weighted by atomic mass is 79.9. The predicted molar refractivity (Wildman–Crippen MR) is 92.7 cm³/mol. The molecule has 0 saturated heterocycles. The minimum atomic E-state index is 0.145. The van der Waals surface area contributed by atoms with Crippen LogP contribution in [-0.2, 0) is 6.42 Å². The number of nitrogens with one attached hydrogen (secondary N) is 1. The molecular formula is C16H16BrCl2NO. The van der Waals surface area contributed by atoms with Crippen molar-refractivity contribution >= 4 is 39.1 Å². The number of benzene rings is 2. The molecule has 2 nitrogen and oxygen atoms in total. The molecule has 0 heterocycles. The van der Waals surface area contributed by atoms with Crippen LogP contribution in [0.2, 0.25) is 10.0 Å². The fourth-order valence-electron chi connectivity index (χ4n) is 2.19. The summed E-state index contributed by atoms with van der Waals surface area (Å²) in [7, 11) is 3.61. The van der Waals surface area contributed by atoms with Crippen LogP contribution in [0.25, 0.3) is 0 Å². The molecule has 0 aliphatic carbocycles. The summed E-state index contributed by atoms with van der Waals surface area (Å²) in [6, 6.07) is 11.8. The van der Waals surface area contributed by atoms with Crippen LogP contribution in [0.4, 0.5) is 0 Å². The lowest BCUT2D eigenvalue weighted by Gasteiger charge is -2.19. The fourth-order valence-corrected chi connectivity index (χ4v) is 3.03. The van der Waals surface area contributed by atoms with E-state index in [1.165, 1.54) is 0 Å². The Bertz CT molecular complexity index is 634. The number of ether oxygens (including phenoxy) is 1. The average Bonchev–Trinajstić information content (AvgIpc) is 2.49. The first-order chi connectivity index (χ1) is 10.0. The smallest absolute Gasteiger partial charge is 0.119 e. The molecule has 5 heteroatoms. The minimum absolute atomic E-state index is 0.145. The molecule has 0 aromatic heterocycles. The predicted octanol–water partition coefficient (Wildman–Crippen LogP) is 5.27. The maximum Gasteiger partial charge on any atom is 0.119 e. The van der Waals surface area contributed by atoms with Crippen LogP contribution in [0.1, 0.15) is 17.2 Å². The lowest BCUT2D eigenvalue weighted by molar-refractivity contribution is 0.413. The molecule has 21 heavy (non-hydrogen) atoms. The lowest BCUT2D eigenvalue weighted by Crippen LogP contribution is -2.19. The Morgan fingerprint density at radius 3 is 2.52 bits per heavy atom. The summed E-state index contributed by atoms with van der Waals surface area (Å²) in [5.41, 5.74) is 2.27. The van der Waals surface area contributed by atoms with Crippen LogP contribution in [0, 0.1) is 0 Å². The molecule has 0 aliphatic heterocycles. The van der Waals surface area contributed by atoms with E-state index in [2.05, 4.69) is 21.2 Å². The first-order valence-electron chi connectivity index (χ1n) is 6.49. The van der Waals surface area contributed by atoms with E-state index < -0.39 is 0 Å². The van der Waals surface area contributed by atoms with Gasteiger partial charge in [-0.1, -0.05) is 45.2 Å². The zero-order valence-electron chi connectivity index (χ0n) is 11.8. The van der Waals surface area contributed by atoms with E-state index in [1.807, 2.05) is 43.4 Å². The monoisotopic (exact) mass is 387 g/mol. The van der Waals surface area contributed by atoms with Gasteiger partial charge in [0.15, 0.2) is 0 Å². The Morgan fingerprint density at radius 1 is 1.14 bits per heavy atom. The van der Waals surface area contributed by atoms with Gasteiger partial charge in [-0.05, 0) is 54.9 Å². The third-order valence-electron chi connectivity index (χ3n) is 3.35. The lowest BCUT2D eigenvalue weighted by atomic mass is 9.99. The molecule has 0 aliphatic rings. The molecule has 0 spiro atoms. The number of halogens is 3. The average molecular weight is 389 g/mol. The van der Waals surface area contributed by atoms with Crippen LogP contribution in [0.3, 0.4) is 0 Å². The Kier molecular flexibility index (Phi) is 5.94. The summed E-state index contributed by atoms with van der Waals surface area (Å²) in [5, 5.41) is 4.48. The van der Waals surface area contributed by atoms with Crippen molar-refractivity contribution in [2.75, 3.05) is 14.2 Å². The number of hydrogen-bond donors (Lipinski definition) is 1. The molecule has 2 rings (SSSR count). The van der Waals surface area contributed by atoms with E-state index in [9.17, 15) is 0 Å². The SMILES string of the molecule is CNC(Cc1ccc(Cl)c(Cl)c1)c1cc(OC)ccc1Br. The summed E-state index contributed by atoms with van der Waals surface area (Å²) < 4.78 is 6.35. The summed E-state index contributed by atoms with van der Waals surface area (Å²) in [6.45, 7) is 0. The summed E-state index contributed by atoms with van der Waals surface area (Å²) in [6.07, 6.45) is 0.805. The van der Waals surface area contributed by atoms with Gasteiger partial charge in [0.25, 0.3) is 0 Å². The Labute approximate surface area is 143 Å². The van der Waals surface area contributed by atoms with Gasteiger partial charge in [-0.2, -0.15) is 0 Å². The molecule has 0 amide bonds. The first-order valence-corrected chi connectivity index (χ1v) is 8.04. The van der Waals surface area contributed by atoms with Crippen molar-refractivity contribution < 1.29 is 4.74 Å². The molecule has 0 bridgehead atoms. The molecule has 0 radical (unpaired) electrons. The first kappa shape index (κ1) is 16.6. The highest BCUT2D eigenvalue weighted by molar-refractivity contribution is 9.10. The van der Waals surface area contributed by atoms with Crippen LogP contribution in [0.15, 0.2) is 40.9 Å². The molecule has 1 atom stereocenters. The standard InChI is InChI=1S/C16H16BrCl2NO/c1-20-16(8-10-3-6-14(18)15(19)7-10)12-9-11(21-2)4-5-13(12)17/h3-7,9,16,20H,8H2,1-2H3. The molecule has 0 saturated carbocycles. The van der Waals surface area contributed by atoms with Gasteiger partial charge in [-0.25, -0.2) is 0 Å². The normalized spacial score (nSPS) is 12.2. The van der Waals surface area contributed by atoms with Crippen molar-refractivity contribution in [3.05, 3.63) is 62.0 Å². The number of likely N-dealkylation sites (N-methyl/N-ethyl adjacent to an activating group) is 1. The van der Waals surface area contributed by atoms with E-state index in [-0.39, 0.29) is 6.04 Å². The van der Waals surface area contributed by atoms with Crippen LogP contribution in [-0.4, -0.2) is 14.2 Å². The molecule has 1 N–H and O–H groups in total. The van der Waals surface area contributed by atoms with Gasteiger partial charge >= 0.3 is 0 Å². The molecule has 0 fully saturated rings. The maximum absolute atomic E-state index is 6.08. The highest BCUT2D eigenvalue weighted by Gasteiger charge is 2.15. The van der Waals surface area contributed by atoms with E-state index in [1.54, 1.807) is 7.11 Å². The van der Waals surface area contributed by atoms with Crippen molar-refractivity contribution in [3.8, 4) is 5.75 Å². The molecule has 112 valence electrons. The maximum atomic E-state index is 6.08. The van der Waals surface area contributed by atoms with Crippen molar-refractivity contribution in [1.82, 2.24) is 5.32 Å². The minimum Gasteiger partial charge on any atom is -0.497 e. The van der Waals surface area contributed by atoms with Gasteiger partial charge in [0, 0.05) is 10.5 Å². The quantitative estimate of drug-likeness (QED) is 0.753. The van der Waals surface area contributed by atoms with Crippen LogP contribution in [0.5, 0.6) is 5.75 Å². The topological polar surface area (TPSA) is 21.3 Å². The zero-order chi connectivity index (χ0) is 15.4. The highest BCUT2D eigenvalue weighted by Crippen LogP contribution is 2.31. The number of methoxy groups -OCH3 is 1. The Balaban J connectivity index is 2.29.